The van der Waals surface area contributed by atoms with Crippen molar-refractivity contribution in [3.8, 4) is 0 Å². The van der Waals surface area contributed by atoms with Gasteiger partial charge in [0, 0.05) is 19.2 Å². The average Bonchev–Trinajstić information content (AvgIpc) is 3.11. The third-order valence-corrected chi connectivity index (χ3v) is 3.51. The molecule has 8 nitrogen and oxygen atoms in total. The van der Waals surface area contributed by atoms with Crippen LogP contribution in [0.4, 0.5) is 4.79 Å². The predicted octanol–water partition coefficient (Wildman–Crippen LogP) is 0.857. The first-order chi connectivity index (χ1) is 10.2. The van der Waals surface area contributed by atoms with Gasteiger partial charge in [0.25, 0.3) is 0 Å². The van der Waals surface area contributed by atoms with Crippen molar-refractivity contribution < 1.29 is 14.0 Å². The molecule has 2 aromatic heterocycles. The average molecular weight is 309 g/mol. The summed E-state index contributed by atoms with van der Waals surface area (Å²) in [7, 11) is 1.45. The molecule has 0 aliphatic carbocycles. The number of rotatable bonds is 6. The highest BCUT2D eigenvalue weighted by molar-refractivity contribution is 7.99. The second kappa shape index (κ2) is 7.48. The van der Waals surface area contributed by atoms with Crippen LogP contribution in [0.2, 0.25) is 0 Å². The van der Waals surface area contributed by atoms with Crippen LogP contribution in [0.3, 0.4) is 0 Å². The van der Waals surface area contributed by atoms with Gasteiger partial charge in [0.1, 0.15) is 12.1 Å². The van der Waals surface area contributed by atoms with Crippen LogP contribution in [0.1, 0.15) is 12.2 Å². The van der Waals surface area contributed by atoms with E-state index < -0.39 is 6.03 Å². The molecule has 2 heterocycles. The number of nitrogens with zero attached hydrogens (tertiary/aromatic N) is 3. The van der Waals surface area contributed by atoms with E-state index in [0.717, 1.165) is 5.76 Å². The van der Waals surface area contributed by atoms with E-state index >= 15 is 0 Å². The van der Waals surface area contributed by atoms with Gasteiger partial charge in [0.2, 0.25) is 5.91 Å². The number of nitrogens with one attached hydrogen (secondary N) is 2. The van der Waals surface area contributed by atoms with Gasteiger partial charge in [-0.15, -0.1) is 10.2 Å². The number of carbonyl (C=O) groups excluding carboxylic acids is 2. The summed E-state index contributed by atoms with van der Waals surface area (Å²) in [5.41, 5.74) is 0. The van der Waals surface area contributed by atoms with Gasteiger partial charge in [0.05, 0.1) is 12.8 Å². The van der Waals surface area contributed by atoms with Crippen LogP contribution >= 0.6 is 11.8 Å². The molecule has 0 aromatic carbocycles. The molecule has 2 N–H and O–H groups in total. The summed E-state index contributed by atoms with van der Waals surface area (Å²) in [6.07, 6.45) is 3.43. The van der Waals surface area contributed by atoms with Gasteiger partial charge in [-0.2, -0.15) is 0 Å². The third kappa shape index (κ3) is 4.63. The minimum Gasteiger partial charge on any atom is -0.467 e. The Labute approximate surface area is 125 Å². The Morgan fingerprint density at radius 3 is 3.05 bits per heavy atom. The molecular formula is C12H15N5O3S. The lowest BCUT2D eigenvalue weighted by atomic mass is 10.4. The lowest BCUT2D eigenvalue weighted by Crippen LogP contribution is -2.37. The molecule has 0 radical (unpaired) electrons. The van der Waals surface area contributed by atoms with Crippen LogP contribution in [-0.4, -0.2) is 39.5 Å². The van der Waals surface area contributed by atoms with Crippen LogP contribution in [0.5, 0.6) is 0 Å². The van der Waals surface area contributed by atoms with Gasteiger partial charge in [-0.1, -0.05) is 11.8 Å². The number of imide groups is 1. The molecule has 112 valence electrons. The van der Waals surface area contributed by atoms with Gasteiger partial charge < -0.3 is 14.3 Å². The molecule has 0 unspecified atom stereocenters. The van der Waals surface area contributed by atoms with E-state index in [1.54, 1.807) is 12.6 Å². The minimum atomic E-state index is -0.508. The highest BCUT2D eigenvalue weighted by Crippen LogP contribution is 2.17. The number of urea groups is 1. The highest BCUT2D eigenvalue weighted by atomic mass is 32.2. The van der Waals surface area contributed by atoms with Crippen molar-refractivity contribution in [2.75, 3.05) is 12.8 Å². The van der Waals surface area contributed by atoms with E-state index in [1.807, 2.05) is 16.7 Å². The van der Waals surface area contributed by atoms with Gasteiger partial charge >= 0.3 is 6.03 Å². The van der Waals surface area contributed by atoms with Gasteiger partial charge in [-0.05, 0) is 12.1 Å². The molecule has 0 atom stereocenters. The highest BCUT2D eigenvalue weighted by Gasteiger charge is 2.10. The Bertz CT molecular complexity index is 596. The van der Waals surface area contributed by atoms with E-state index in [9.17, 15) is 9.59 Å². The quantitative estimate of drug-likeness (QED) is 0.767. The first-order valence-electron chi connectivity index (χ1n) is 6.23. The van der Waals surface area contributed by atoms with Gasteiger partial charge in [-0.25, -0.2) is 4.79 Å². The van der Waals surface area contributed by atoms with E-state index in [-0.39, 0.29) is 12.3 Å². The fourth-order valence-electron chi connectivity index (χ4n) is 1.52. The number of hydrogen-bond donors (Lipinski definition) is 2. The number of aromatic nitrogens is 3. The SMILES string of the molecule is CNC(=O)NC(=O)CCSc1nncn1Cc1ccco1. The Kier molecular flexibility index (Phi) is 5.38. The zero-order chi connectivity index (χ0) is 15.1. The molecular weight excluding hydrogens is 294 g/mol. The summed E-state index contributed by atoms with van der Waals surface area (Å²) in [5.74, 6) is 0.965. The van der Waals surface area contributed by atoms with Crippen molar-refractivity contribution in [1.29, 1.82) is 0 Å². The first kappa shape index (κ1) is 15.1. The number of hydrogen-bond acceptors (Lipinski definition) is 6. The zero-order valence-electron chi connectivity index (χ0n) is 11.4. The van der Waals surface area contributed by atoms with Crippen LogP contribution in [0.15, 0.2) is 34.3 Å². The second-order valence-corrected chi connectivity index (χ2v) is 5.11. The zero-order valence-corrected chi connectivity index (χ0v) is 12.2. The largest absolute Gasteiger partial charge is 0.467 e. The molecule has 0 aliphatic rings. The standard InChI is InChI=1S/C12H15N5O3S/c1-13-11(19)15-10(18)4-6-21-12-16-14-8-17(12)7-9-3-2-5-20-9/h2-3,5,8H,4,6-7H2,1H3,(H2,13,15,18,19). The van der Waals surface area contributed by atoms with Crippen LogP contribution < -0.4 is 10.6 Å². The van der Waals surface area contributed by atoms with Crippen molar-refractivity contribution >= 4 is 23.7 Å². The lowest BCUT2D eigenvalue weighted by molar-refractivity contribution is -0.119. The summed E-state index contributed by atoms with van der Waals surface area (Å²) < 4.78 is 7.10. The molecule has 0 fully saturated rings. The van der Waals surface area contributed by atoms with E-state index in [4.69, 9.17) is 4.42 Å². The molecule has 0 spiro atoms. The minimum absolute atomic E-state index is 0.214. The molecule has 9 heteroatoms. The molecule has 0 aliphatic heterocycles. The number of amides is 3. The molecule has 0 bridgehead atoms. The number of carbonyl (C=O) groups is 2. The van der Waals surface area contributed by atoms with E-state index in [2.05, 4.69) is 20.8 Å². The maximum Gasteiger partial charge on any atom is 0.321 e. The fourth-order valence-corrected chi connectivity index (χ4v) is 2.37. The van der Waals surface area contributed by atoms with Crippen LogP contribution in [-0.2, 0) is 11.3 Å². The molecule has 21 heavy (non-hydrogen) atoms. The summed E-state index contributed by atoms with van der Waals surface area (Å²) in [5, 5.41) is 13.1. The topological polar surface area (TPSA) is 102 Å². The van der Waals surface area contributed by atoms with Crippen molar-refractivity contribution in [3.63, 3.8) is 0 Å². The van der Waals surface area contributed by atoms with Crippen LogP contribution in [0.25, 0.3) is 0 Å². The number of thioether (sulfide) groups is 1. The van der Waals surface area contributed by atoms with E-state index in [1.165, 1.54) is 18.8 Å². The maximum absolute atomic E-state index is 11.4. The molecule has 0 saturated heterocycles. The van der Waals surface area contributed by atoms with Crippen LogP contribution in [0, 0.1) is 0 Å². The smallest absolute Gasteiger partial charge is 0.321 e. The predicted molar refractivity (Wildman–Crippen MR) is 75.8 cm³/mol. The molecule has 2 rings (SSSR count). The van der Waals surface area contributed by atoms with Gasteiger partial charge in [0.15, 0.2) is 5.16 Å². The molecule has 2 aromatic rings. The monoisotopic (exact) mass is 309 g/mol. The third-order valence-electron chi connectivity index (χ3n) is 2.53. The second-order valence-electron chi connectivity index (χ2n) is 4.05. The summed E-state index contributed by atoms with van der Waals surface area (Å²) >= 11 is 1.39. The van der Waals surface area contributed by atoms with Crippen molar-refractivity contribution in [2.24, 2.45) is 0 Å². The van der Waals surface area contributed by atoms with E-state index in [0.29, 0.717) is 17.5 Å². The van der Waals surface area contributed by atoms with Gasteiger partial charge in [-0.3, -0.25) is 10.1 Å². The Balaban J connectivity index is 1.80. The Hall–Kier alpha value is -2.29. The Morgan fingerprint density at radius 1 is 1.48 bits per heavy atom. The fraction of sp³-hybridized carbons (Fsp3) is 0.333. The lowest BCUT2D eigenvalue weighted by Gasteiger charge is -2.05. The first-order valence-corrected chi connectivity index (χ1v) is 7.22. The molecule has 3 amide bonds. The number of furan rings is 1. The Morgan fingerprint density at radius 2 is 2.33 bits per heavy atom. The van der Waals surface area contributed by atoms with Crippen molar-refractivity contribution in [2.45, 2.75) is 18.1 Å². The van der Waals surface area contributed by atoms with Crippen molar-refractivity contribution in [1.82, 2.24) is 25.4 Å². The summed E-state index contributed by atoms with van der Waals surface area (Å²) in [4.78, 5) is 22.4. The normalized spacial score (nSPS) is 10.3. The molecule has 0 saturated carbocycles. The van der Waals surface area contributed by atoms with Crippen molar-refractivity contribution in [3.05, 3.63) is 30.5 Å². The summed E-state index contributed by atoms with van der Waals surface area (Å²) in [6.45, 7) is 0.534. The summed E-state index contributed by atoms with van der Waals surface area (Å²) in [6, 6.07) is 3.17. The maximum atomic E-state index is 11.4.